The molecular weight excluding hydrogens is 861 g/mol. The average Bonchev–Trinajstić information content (AvgIpc) is 4.02. The molecular formula is C49H62N8O8S. The van der Waals surface area contributed by atoms with Crippen LogP contribution in [0.1, 0.15) is 136 Å². The Morgan fingerprint density at radius 2 is 1.36 bits per heavy atom. The first-order valence-electron chi connectivity index (χ1n) is 23.0. The van der Waals surface area contributed by atoms with Gasteiger partial charge in [-0.3, -0.25) is 28.8 Å². The van der Waals surface area contributed by atoms with Crippen molar-refractivity contribution in [3.8, 4) is 0 Å². The summed E-state index contributed by atoms with van der Waals surface area (Å²) in [6.45, 7) is 7.36. The van der Waals surface area contributed by atoms with Crippen LogP contribution < -0.4 is 48.4 Å². The number of nitrogens with one attached hydrogen (secondary N) is 7. The van der Waals surface area contributed by atoms with Crippen LogP contribution >= 0.6 is 11.8 Å². The van der Waals surface area contributed by atoms with Gasteiger partial charge in [-0.15, -0.1) is 0 Å². The highest BCUT2D eigenvalue weighted by molar-refractivity contribution is 8.00. The molecule has 0 spiro atoms. The zero-order chi connectivity index (χ0) is 47.1. The van der Waals surface area contributed by atoms with E-state index in [1.807, 2.05) is 32.5 Å². The molecule has 0 radical (unpaired) electrons. The van der Waals surface area contributed by atoms with Crippen LogP contribution in [0.15, 0.2) is 68.9 Å². The number of aromatic nitrogens is 3. The Kier molecular flexibility index (Phi) is 17.7. The Bertz CT molecular complexity index is 2580. The molecule has 4 aromatic rings. The van der Waals surface area contributed by atoms with Crippen LogP contribution in [-0.4, -0.2) is 80.7 Å². The van der Waals surface area contributed by atoms with E-state index in [1.165, 1.54) is 18.5 Å². The minimum absolute atomic E-state index is 0.0136. The third-order valence-corrected chi connectivity index (χ3v) is 13.1. The summed E-state index contributed by atoms with van der Waals surface area (Å²) in [6, 6.07) is 14.1. The second kappa shape index (κ2) is 23.8. The lowest BCUT2D eigenvalue weighted by Gasteiger charge is -2.16. The lowest BCUT2D eigenvalue weighted by Crippen LogP contribution is -2.46. The van der Waals surface area contributed by atoms with Crippen LogP contribution in [0.25, 0.3) is 12.2 Å². The Morgan fingerprint density at radius 3 is 2.02 bits per heavy atom. The first-order valence-corrected chi connectivity index (χ1v) is 24.0. The second-order valence-electron chi connectivity index (χ2n) is 18.0. The molecule has 17 heteroatoms. The fourth-order valence-electron chi connectivity index (χ4n) is 8.00. The summed E-state index contributed by atoms with van der Waals surface area (Å²) in [5.74, 6) is 1.31. The van der Waals surface area contributed by atoms with Crippen molar-refractivity contribution >= 4 is 53.4 Å². The molecule has 2 aromatic carbocycles. The highest BCUT2D eigenvalue weighted by Gasteiger charge is 2.42. The molecule has 2 fully saturated rings. The van der Waals surface area contributed by atoms with E-state index in [0.717, 1.165) is 62.7 Å². The third kappa shape index (κ3) is 14.6. The van der Waals surface area contributed by atoms with Gasteiger partial charge in [0.2, 0.25) is 17.7 Å². The molecule has 7 N–H and O–H groups in total. The SMILES string of the molecule is CC(C)(C)c1ocnc1/C=c1\[nH]c(=O)/c(=C/c2cccc(C(=O)c3ccc(CNC(=O)CCCCCNC(=O)CCCCCNC(=O)CCCC[C@@H]4SC[C@H]5NC(=O)N[C@@H]45)cc3)c2)[nH]c1=O. The molecule has 2 saturated heterocycles. The van der Waals surface area contributed by atoms with Gasteiger partial charge in [-0.05, 0) is 67.9 Å². The maximum atomic E-state index is 13.4. The van der Waals surface area contributed by atoms with Crippen LogP contribution in [0, 0.1) is 0 Å². The van der Waals surface area contributed by atoms with Gasteiger partial charge in [0, 0.05) is 66.4 Å². The van der Waals surface area contributed by atoms with Crippen molar-refractivity contribution in [2.24, 2.45) is 0 Å². The predicted octanol–water partition coefficient (Wildman–Crippen LogP) is 3.93. The lowest BCUT2D eigenvalue weighted by molar-refractivity contribution is -0.122. The van der Waals surface area contributed by atoms with Crippen LogP contribution in [-0.2, 0) is 26.3 Å². The van der Waals surface area contributed by atoms with Crippen LogP contribution in [0.5, 0.6) is 0 Å². The van der Waals surface area contributed by atoms with Gasteiger partial charge in [0.15, 0.2) is 12.2 Å². The third-order valence-electron chi connectivity index (χ3n) is 11.6. The van der Waals surface area contributed by atoms with Gasteiger partial charge in [-0.1, -0.05) is 82.5 Å². The number of oxazole rings is 1. The molecule has 16 nitrogen and oxygen atoms in total. The number of nitrogens with zero attached hydrogens (tertiary/aromatic N) is 1. The van der Waals surface area contributed by atoms with E-state index in [0.29, 0.717) is 78.7 Å². The normalized spacial score (nSPS) is 17.3. The van der Waals surface area contributed by atoms with Crippen molar-refractivity contribution in [1.82, 2.24) is 41.5 Å². The minimum Gasteiger partial charge on any atom is -0.447 e. The minimum atomic E-state index is -0.515. The fraction of sp³-hybridized carbons (Fsp3) is 0.469. The summed E-state index contributed by atoms with van der Waals surface area (Å²) in [5.41, 5.74) is 1.32. The molecule has 2 aromatic heterocycles. The van der Waals surface area contributed by atoms with Gasteiger partial charge in [0.1, 0.15) is 22.2 Å². The summed E-state index contributed by atoms with van der Waals surface area (Å²) in [5, 5.41) is 15.3. The zero-order valence-electron chi connectivity index (χ0n) is 38.0. The van der Waals surface area contributed by atoms with E-state index in [9.17, 15) is 33.6 Å². The van der Waals surface area contributed by atoms with Gasteiger partial charge >= 0.3 is 6.03 Å². The first kappa shape index (κ1) is 49.2. The number of carbonyl (C=O) groups is 5. The Morgan fingerprint density at radius 1 is 0.742 bits per heavy atom. The number of carbonyl (C=O) groups excluding carboxylic acids is 5. The number of hydrogen-bond acceptors (Lipinski definition) is 10. The standard InChI is InChI=1S/C49H62N8O8S/c1-49(2,3)45-35(53-30-65-45)27-37-47(63)54-36(46(62)55-37)26-32-13-12-14-34(25-32)44(61)33-21-19-31(20-22-33)28-52-42(60)17-7-5-11-23-50-40(58)16-6-4-10-24-51-41(59)18-9-8-15-39-43-38(29-66-39)56-48(64)57-43/h12-14,19-22,25-27,30,38-39,43H,4-11,15-18,23-24,28-29H2,1-3H3,(H,50,58)(H,51,59)(H,52,60)(H,54,63)(H,55,62)(H2,56,57,64)/b36-26-,37-27-/t38-,39+,43-/m1/s1. The summed E-state index contributed by atoms with van der Waals surface area (Å²) in [6.07, 6.45) is 13.1. The number of H-pyrrole nitrogens is 2. The van der Waals surface area contributed by atoms with Crippen LogP contribution in [0.2, 0.25) is 0 Å². The summed E-state index contributed by atoms with van der Waals surface area (Å²) < 4.78 is 5.51. The van der Waals surface area contributed by atoms with Gasteiger partial charge in [0.05, 0.1) is 12.1 Å². The van der Waals surface area contributed by atoms with Crippen LogP contribution in [0.3, 0.4) is 0 Å². The Hall–Kier alpha value is -6.23. The monoisotopic (exact) mass is 922 g/mol. The van der Waals surface area contributed by atoms with Gasteiger partial charge < -0.3 is 41.0 Å². The molecule has 2 aliphatic heterocycles. The number of benzene rings is 2. The smallest absolute Gasteiger partial charge is 0.315 e. The summed E-state index contributed by atoms with van der Waals surface area (Å²) in [4.78, 5) is 97.2. The second-order valence-corrected chi connectivity index (χ2v) is 19.2. The molecule has 66 heavy (non-hydrogen) atoms. The van der Waals surface area contributed by atoms with Crippen molar-refractivity contribution in [1.29, 1.82) is 0 Å². The Balaban J connectivity index is 0.807. The first-order chi connectivity index (χ1) is 31.7. The number of aromatic amines is 2. The molecule has 4 heterocycles. The van der Waals surface area contributed by atoms with E-state index in [-0.39, 0.29) is 57.7 Å². The van der Waals surface area contributed by atoms with E-state index < -0.39 is 11.1 Å². The number of hydrogen-bond donors (Lipinski definition) is 7. The maximum absolute atomic E-state index is 13.4. The van der Waals surface area contributed by atoms with Crippen molar-refractivity contribution in [3.63, 3.8) is 0 Å². The number of amides is 5. The molecule has 3 atom stereocenters. The number of fused-ring (bicyclic) bond motifs is 1. The van der Waals surface area contributed by atoms with Crippen molar-refractivity contribution < 1.29 is 28.4 Å². The molecule has 352 valence electrons. The highest BCUT2D eigenvalue weighted by atomic mass is 32.2. The lowest BCUT2D eigenvalue weighted by atomic mass is 9.92. The number of rotatable bonds is 23. The van der Waals surface area contributed by atoms with E-state index >= 15 is 0 Å². The van der Waals surface area contributed by atoms with Crippen LogP contribution in [0.4, 0.5) is 4.79 Å². The highest BCUT2D eigenvalue weighted by Crippen LogP contribution is 2.33. The van der Waals surface area contributed by atoms with Gasteiger partial charge in [0.25, 0.3) is 11.1 Å². The topological polar surface area (TPSA) is 237 Å². The summed E-state index contributed by atoms with van der Waals surface area (Å²) in [7, 11) is 0. The van der Waals surface area contributed by atoms with Crippen molar-refractivity contribution in [2.45, 2.75) is 127 Å². The van der Waals surface area contributed by atoms with E-state index in [4.69, 9.17) is 4.42 Å². The average molecular weight is 923 g/mol. The fourth-order valence-corrected chi connectivity index (χ4v) is 9.54. The van der Waals surface area contributed by atoms with Crippen molar-refractivity contribution in [2.75, 3.05) is 18.8 Å². The molecule has 0 unspecified atom stereocenters. The summed E-state index contributed by atoms with van der Waals surface area (Å²) >= 11 is 1.89. The maximum Gasteiger partial charge on any atom is 0.315 e. The molecule has 5 amide bonds. The Labute approximate surface area is 388 Å². The van der Waals surface area contributed by atoms with E-state index in [2.05, 4.69) is 41.5 Å². The number of urea groups is 1. The largest absolute Gasteiger partial charge is 0.447 e. The zero-order valence-corrected chi connectivity index (χ0v) is 38.8. The van der Waals surface area contributed by atoms with Gasteiger partial charge in [-0.2, -0.15) is 11.8 Å². The van der Waals surface area contributed by atoms with Gasteiger partial charge in [-0.25, -0.2) is 9.78 Å². The number of ketones is 1. The quantitative estimate of drug-likeness (QED) is 0.0322. The van der Waals surface area contributed by atoms with Crippen molar-refractivity contribution in [3.05, 3.63) is 120 Å². The molecule has 6 rings (SSSR count). The predicted molar refractivity (Wildman–Crippen MR) is 254 cm³/mol. The molecule has 0 saturated carbocycles. The molecule has 0 aliphatic carbocycles. The molecule has 2 aliphatic rings. The van der Waals surface area contributed by atoms with E-state index in [1.54, 1.807) is 48.5 Å². The molecule has 0 bridgehead atoms. The number of unbranched alkanes of at least 4 members (excludes halogenated alkanes) is 5. The number of thioether (sulfide) groups is 1.